The fourth-order valence-corrected chi connectivity index (χ4v) is 2.76. The molecular formula is C21H23N3O2. The fourth-order valence-electron chi connectivity index (χ4n) is 2.76. The maximum absolute atomic E-state index is 12.6. The second-order valence-electron chi connectivity index (χ2n) is 6.76. The number of nitrogens with zero attached hydrogens (tertiary/aromatic N) is 2. The fraction of sp³-hybridized carbons (Fsp3) is 0.286. The average Bonchev–Trinajstić information content (AvgIpc) is 3.09. The Hall–Kier alpha value is -2.95. The Bertz CT molecular complexity index is 929. The van der Waals surface area contributed by atoms with Crippen molar-refractivity contribution in [2.24, 2.45) is 0 Å². The molecule has 1 amide bonds. The topological polar surface area (TPSA) is 68.0 Å². The SMILES string of the molecule is Cc1ccccc1CC(=O)Nc1c(C)cccc1-c1nc(C(C)C)no1. The normalized spacial score (nSPS) is 11.0. The van der Waals surface area contributed by atoms with Gasteiger partial charge in [-0.1, -0.05) is 55.4 Å². The average molecular weight is 349 g/mol. The van der Waals surface area contributed by atoms with Crippen molar-refractivity contribution in [2.75, 3.05) is 5.32 Å². The van der Waals surface area contributed by atoms with Crippen LogP contribution >= 0.6 is 0 Å². The van der Waals surface area contributed by atoms with Gasteiger partial charge < -0.3 is 9.84 Å². The van der Waals surface area contributed by atoms with Gasteiger partial charge in [-0.25, -0.2) is 0 Å². The van der Waals surface area contributed by atoms with Gasteiger partial charge in [-0.3, -0.25) is 4.79 Å². The van der Waals surface area contributed by atoms with Crippen molar-refractivity contribution in [2.45, 2.75) is 40.0 Å². The summed E-state index contributed by atoms with van der Waals surface area (Å²) in [6, 6.07) is 13.6. The summed E-state index contributed by atoms with van der Waals surface area (Å²) >= 11 is 0. The van der Waals surface area contributed by atoms with Crippen LogP contribution < -0.4 is 5.32 Å². The Morgan fingerprint density at radius 1 is 1.08 bits per heavy atom. The van der Waals surface area contributed by atoms with Crippen molar-refractivity contribution in [3.05, 3.63) is 65.0 Å². The molecule has 0 fully saturated rings. The summed E-state index contributed by atoms with van der Waals surface area (Å²) in [5.74, 6) is 1.18. The third-order valence-corrected chi connectivity index (χ3v) is 4.34. The summed E-state index contributed by atoms with van der Waals surface area (Å²) in [6.45, 7) is 7.98. The maximum atomic E-state index is 12.6. The van der Waals surface area contributed by atoms with E-state index in [0.29, 0.717) is 23.8 Å². The Kier molecular flexibility index (Phi) is 5.16. The first-order valence-corrected chi connectivity index (χ1v) is 8.73. The highest BCUT2D eigenvalue weighted by atomic mass is 16.5. The number of aromatic nitrogens is 2. The highest BCUT2D eigenvalue weighted by molar-refractivity contribution is 5.96. The monoisotopic (exact) mass is 349 g/mol. The molecule has 0 spiro atoms. The maximum Gasteiger partial charge on any atom is 0.260 e. The molecule has 0 aliphatic heterocycles. The van der Waals surface area contributed by atoms with E-state index in [4.69, 9.17) is 4.52 Å². The van der Waals surface area contributed by atoms with Gasteiger partial charge in [0.25, 0.3) is 5.89 Å². The molecule has 134 valence electrons. The molecule has 0 unspecified atom stereocenters. The van der Waals surface area contributed by atoms with E-state index in [0.717, 1.165) is 22.3 Å². The third-order valence-electron chi connectivity index (χ3n) is 4.34. The van der Waals surface area contributed by atoms with Crippen LogP contribution in [0.5, 0.6) is 0 Å². The first-order chi connectivity index (χ1) is 12.5. The van der Waals surface area contributed by atoms with E-state index in [9.17, 15) is 4.79 Å². The number of anilines is 1. The highest BCUT2D eigenvalue weighted by Crippen LogP contribution is 2.30. The van der Waals surface area contributed by atoms with E-state index in [2.05, 4.69) is 15.5 Å². The Balaban J connectivity index is 1.87. The van der Waals surface area contributed by atoms with Crippen molar-refractivity contribution in [3.8, 4) is 11.5 Å². The Labute approximate surface area is 153 Å². The van der Waals surface area contributed by atoms with E-state index in [1.54, 1.807) is 0 Å². The second kappa shape index (κ2) is 7.52. The van der Waals surface area contributed by atoms with Crippen LogP contribution in [0.1, 0.15) is 42.3 Å². The molecule has 1 N–H and O–H groups in total. The molecule has 26 heavy (non-hydrogen) atoms. The van der Waals surface area contributed by atoms with Gasteiger partial charge in [0, 0.05) is 5.92 Å². The van der Waals surface area contributed by atoms with Crippen molar-refractivity contribution in [1.82, 2.24) is 10.1 Å². The number of carbonyl (C=O) groups excluding carboxylic acids is 1. The number of hydrogen-bond acceptors (Lipinski definition) is 4. The summed E-state index contributed by atoms with van der Waals surface area (Å²) in [4.78, 5) is 17.1. The van der Waals surface area contributed by atoms with Gasteiger partial charge in [0.15, 0.2) is 5.82 Å². The number of hydrogen-bond donors (Lipinski definition) is 1. The van der Waals surface area contributed by atoms with Gasteiger partial charge in [-0.2, -0.15) is 4.98 Å². The molecule has 0 saturated heterocycles. The first kappa shape index (κ1) is 17.9. The van der Waals surface area contributed by atoms with E-state index < -0.39 is 0 Å². The molecule has 5 nitrogen and oxygen atoms in total. The molecule has 3 rings (SSSR count). The molecule has 0 radical (unpaired) electrons. The van der Waals surface area contributed by atoms with E-state index in [-0.39, 0.29) is 11.8 Å². The standard InChI is InChI=1S/C21H23N3O2/c1-13(2)20-23-21(26-24-20)17-11-7-9-15(4)19(17)22-18(25)12-16-10-6-5-8-14(16)3/h5-11,13H,12H2,1-4H3,(H,22,25). The molecule has 0 aliphatic carbocycles. The lowest BCUT2D eigenvalue weighted by molar-refractivity contribution is -0.115. The molecule has 0 aliphatic rings. The minimum absolute atomic E-state index is 0.0709. The number of benzene rings is 2. The molecule has 5 heteroatoms. The lowest BCUT2D eigenvalue weighted by Gasteiger charge is -2.12. The van der Waals surface area contributed by atoms with Crippen LogP contribution in [0.25, 0.3) is 11.5 Å². The number of para-hydroxylation sites is 1. The minimum atomic E-state index is -0.0709. The van der Waals surface area contributed by atoms with Crippen molar-refractivity contribution in [1.29, 1.82) is 0 Å². The molecule has 0 bridgehead atoms. The predicted molar refractivity (Wildman–Crippen MR) is 102 cm³/mol. The molecule has 0 saturated carbocycles. The first-order valence-electron chi connectivity index (χ1n) is 8.73. The lowest BCUT2D eigenvalue weighted by Crippen LogP contribution is -2.16. The minimum Gasteiger partial charge on any atom is -0.334 e. The van der Waals surface area contributed by atoms with E-state index >= 15 is 0 Å². The van der Waals surface area contributed by atoms with Crippen LogP contribution in [0.2, 0.25) is 0 Å². The zero-order valence-electron chi connectivity index (χ0n) is 15.5. The van der Waals surface area contributed by atoms with Gasteiger partial charge in [-0.15, -0.1) is 0 Å². The number of aryl methyl sites for hydroxylation is 2. The number of nitrogens with one attached hydrogen (secondary N) is 1. The smallest absolute Gasteiger partial charge is 0.260 e. The van der Waals surface area contributed by atoms with Gasteiger partial charge in [0.05, 0.1) is 17.7 Å². The van der Waals surface area contributed by atoms with Crippen LogP contribution in [-0.2, 0) is 11.2 Å². The molecule has 2 aromatic carbocycles. The largest absolute Gasteiger partial charge is 0.334 e. The summed E-state index contributed by atoms with van der Waals surface area (Å²) in [5, 5.41) is 7.05. The van der Waals surface area contributed by atoms with Crippen LogP contribution in [0, 0.1) is 13.8 Å². The zero-order valence-corrected chi connectivity index (χ0v) is 15.5. The van der Waals surface area contributed by atoms with Gasteiger partial charge in [0.1, 0.15) is 0 Å². The quantitative estimate of drug-likeness (QED) is 0.727. The van der Waals surface area contributed by atoms with Crippen LogP contribution in [-0.4, -0.2) is 16.0 Å². The Morgan fingerprint density at radius 3 is 2.50 bits per heavy atom. The summed E-state index contributed by atoms with van der Waals surface area (Å²) < 4.78 is 5.41. The molecule has 1 aromatic heterocycles. The van der Waals surface area contributed by atoms with Crippen molar-refractivity contribution < 1.29 is 9.32 Å². The summed E-state index contributed by atoms with van der Waals surface area (Å²) in [5.41, 5.74) is 4.52. The third kappa shape index (κ3) is 3.82. The van der Waals surface area contributed by atoms with Gasteiger partial charge >= 0.3 is 0 Å². The van der Waals surface area contributed by atoms with Crippen molar-refractivity contribution in [3.63, 3.8) is 0 Å². The molecule has 0 atom stereocenters. The molecule has 1 heterocycles. The van der Waals surface area contributed by atoms with Gasteiger partial charge in [0.2, 0.25) is 5.91 Å². The zero-order chi connectivity index (χ0) is 18.7. The van der Waals surface area contributed by atoms with Crippen LogP contribution in [0.3, 0.4) is 0 Å². The lowest BCUT2D eigenvalue weighted by atomic mass is 10.0. The van der Waals surface area contributed by atoms with Gasteiger partial charge in [-0.05, 0) is 36.6 Å². The number of rotatable bonds is 5. The highest BCUT2D eigenvalue weighted by Gasteiger charge is 2.18. The van der Waals surface area contributed by atoms with Crippen LogP contribution in [0.15, 0.2) is 47.0 Å². The summed E-state index contributed by atoms with van der Waals surface area (Å²) in [7, 11) is 0. The molecular weight excluding hydrogens is 326 g/mol. The van der Waals surface area contributed by atoms with E-state index in [1.165, 1.54) is 0 Å². The number of carbonyl (C=O) groups is 1. The van der Waals surface area contributed by atoms with Crippen molar-refractivity contribution >= 4 is 11.6 Å². The molecule has 3 aromatic rings. The van der Waals surface area contributed by atoms with Crippen LogP contribution in [0.4, 0.5) is 5.69 Å². The predicted octanol–water partition coefficient (Wildman–Crippen LogP) is 4.66. The second-order valence-corrected chi connectivity index (χ2v) is 6.76. The Morgan fingerprint density at radius 2 is 1.81 bits per heavy atom. The number of amides is 1. The van der Waals surface area contributed by atoms with E-state index in [1.807, 2.05) is 70.2 Å². The summed E-state index contributed by atoms with van der Waals surface area (Å²) in [6.07, 6.45) is 0.321.